The van der Waals surface area contributed by atoms with E-state index in [1.165, 1.54) is 58.1 Å². The summed E-state index contributed by atoms with van der Waals surface area (Å²) in [6, 6.07) is 63.7. The molecule has 0 aliphatic rings. The average molecular weight is 1660 g/mol. The smallest absolute Gasteiger partial charge is 0.201 e. The van der Waals surface area contributed by atoms with Gasteiger partial charge < -0.3 is 23.7 Å². The third kappa shape index (κ3) is 27.4. The van der Waals surface area contributed by atoms with Crippen LogP contribution in [0.15, 0.2) is 218 Å². The average Bonchev–Trinajstić information content (AvgIpc) is 0.840. The number of unbranched alkanes of at least 4 members (excludes halogenated alkanes) is 3. The topological polar surface area (TPSA) is 46.2 Å². The van der Waals surface area contributed by atoms with Gasteiger partial charge in [-0.3, -0.25) is 0 Å². The molecule has 5 nitrogen and oxygen atoms in total. The van der Waals surface area contributed by atoms with Gasteiger partial charge in [-0.2, -0.15) is 22.0 Å². The highest BCUT2D eigenvalue weighted by Crippen LogP contribution is 2.37. The Labute approximate surface area is 701 Å². The largest absolute Gasteiger partial charge is 0.491 e. The van der Waals surface area contributed by atoms with Crippen molar-refractivity contribution >= 4 is 0 Å². The predicted molar refractivity (Wildman–Crippen MR) is 465 cm³/mol. The second kappa shape index (κ2) is 50.0. The Bertz CT molecular complexity index is 4860. The minimum Gasteiger partial charge on any atom is -0.491 e. The van der Waals surface area contributed by atoms with Crippen molar-refractivity contribution in [2.45, 2.75) is 173 Å². The van der Waals surface area contributed by atoms with Crippen molar-refractivity contribution in [2.75, 3.05) is 33.0 Å². The van der Waals surface area contributed by atoms with E-state index < -0.39 is 69.8 Å². The lowest BCUT2D eigenvalue weighted by molar-refractivity contribution is 0.289. The number of halogens is 12. The third-order valence-corrected chi connectivity index (χ3v) is 19.4. The van der Waals surface area contributed by atoms with E-state index in [4.69, 9.17) is 23.7 Å². The van der Waals surface area contributed by atoms with Gasteiger partial charge in [0.15, 0.2) is 69.5 Å². The molecular weight excluding hydrogens is 1550 g/mol. The Balaban J connectivity index is 0.000000198. The van der Waals surface area contributed by atoms with Crippen LogP contribution in [0.3, 0.4) is 0 Å². The maximum atomic E-state index is 14.1. The van der Waals surface area contributed by atoms with Gasteiger partial charge in [-0.1, -0.05) is 243 Å². The number of aryl methyl sites for hydroxylation is 7. The van der Waals surface area contributed by atoms with Crippen LogP contribution in [0.1, 0.15) is 166 Å². The SMILES string of the molecule is CCCCOc1ccc(-c2ccc(C)cc2)c(F)c1F.CCCCc1ccc(-c2ccc(C)c(F)c2F)cc1.CCCCc1ccc(-c2ccc(OCC)c(F)c2F)cc1.CCCc1ccc(-c2ccc(OCC)c(F)c2F)cc1.CCCc1ccc(-c2ccc(OCC)c(F)c2F)cc1.CCCc1ccc(-c2ccc(OCC)c(F)c2F)cc1. The lowest BCUT2D eigenvalue weighted by atomic mass is 10.00. The van der Waals surface area contributed by atoms with Crippen LogP contribution in [0.25, 0.3) is 66.8 Å². The Hall–Kier alpha value is -11.2. The molecular formula is C103H110F12O5. The van der Waals surface area contributed by atoms with Crippen LogP contribution in [-0.4, -0.2) is 33.0 Å². The van der Waals surface area contributed by atoms with E-state index in [0.29, 0.717) is 72.0 Å². The highest BCUT2D eigenvalue weighted by atomic mass is 19.2. The van der Waals surface area contributed by atoms with Crippen molar-refractivity contribution in [1.29, 1.82) is 0 Å². The molecule has 0 atom stereocenters. The lowest BCUT2D eigenvalue weighted by Gasteiger charge is -2.10. The van der Waals surface area contributed by atoms with Gasteiger partial charge >= 0.3 is 0 Å². The molecule has 0 bridgehead atoms. The monoisotopic (exact) mass is 1650 g/mol. The molecule has 0 amide bonds. The van der Waals surface area contributed by atoms with Crippen LogP contribution in [0.5, 0.6) is 28.7 Å². The normalized spacial score (nSPS) is 10.6. The molecule has 0 fully saturated rings. The molecule has 0 aliphatic heterocycles. The third-order valence-electron chi connectivity index (χ3n) is 19.4. The fraction of sp³-hybridized carbons (Fsp3) is 0.301. The number of benzene rings is 12. The second-order valence-electron chi connectivity index (χ2n) is 28.5. The molecule has 0 spiro atoms. The summed E-state index contributed by atoms with van der Waals surface area (Å²) in [5.41, 5.74) is 13.1. The van der Waals surface area contributed by atoms with Gasteiger partial charge in [0.25, 0.3) is 0 Å². The van der Waals surface area contributed by atoms with Gasteiger partial charge in [0, 0.05) is 33.4 Å². The zero-order chi connectivity index (χ0) is 87.2. The van der Waals surface area contributed by atoms with E-state index in [2.05, 4.69) is 34.6 Å². The van der Waals surface area contributed by atoms with Gasteiger partial charge in [0.05, 0.1) is 33.0 Å². The molecule has 0 unspecified atom stereocenters. The van der Waals surface area contributed by atoms with Crippen LogP contribution in [0, 0.1) is 83.7 Å². The number of ether oxygens (including phenoxy) is 5. The van der Waals surface area contributed by atoms with Crippen LogP contribution in [0.2, 0.25) is 0 Å². The summed E-state index contributed by atoms with van der Waals surface area (Å²) in [4.78, 5) is 0. The fourth-order valence-electron chi connectivity index (χ4n) is 12.8. The summed E-state index contributed by atoms with van der Waals surface area (Å²) in [5.74, 6) is -10.7. The summed E-state index contributed by atoms with van der Waals surface area (Å²) in [6.45, 7) is 24.7. The molecule has 12 aromatic carbocycles. The zero-order valence-corrected chi connectivity index (χ0v) is 70.8. The van der Waals surface area contributed by atoms with Gasteiger partial charge in [-0.25, -0.2) is 30.7 Å². The molecule has 0 saturated carbocycles. The Morgan fingerprint density at radius 1 is 0.192 bits per heavy atom. The first kappa shape index (κ1) is 95.9. The minimum atomic E-state index is -0.929. The minimum absolute atomic E-state index is 0.0215. The molecule has 0 N–H and O–H groups in total. The number of hydrogen-bond acceptors (Lipinski definition) is 5. The van der Waals surface area contributed by atoms with Crippen molar-refractivity contribution in [1.82, 2.24) is 0 Å². The summed E-state index contributed by atoms with van der Waals surface area (Å²) >= 11 is 0. The van der Waals surface area contributed by atoms with Crippen LogP contribution in [-0.2, 0) is 32.1 Å². The van der Waals surface area contributed by atoms with E-state index in [0.717, 1.165) is 101 Å². The molecule has 12 rings (SSSR count). The van der Waals surface area contributed by atoms with Gasteiger partial charge in [-0.05, 0) is 220 Å². The highest BCUT2D eigenvalue weighted by molar-refractivity contribution is 5.70. The molecule has 0 aromatic heterocycles. The van der Waals surface area contributed by atoms with Crippen LogP contribution in [0.4, 0.5) is 52.7 Å². The molecule has 0 aliphatic carbocycles. The van der Waals surface area contributed by atoms with E-state index in [-0.39, 0.29) is 56.6 Å². The van der Waals surface area contributed by atoms with E-state index >= 15 is 0 Å². The quantitative estimate of drug-likeness (QED) is 0.0332. The van der Waals surface area contributed by atoms with Crippen molar-refractivity contribution < 1.29 is 76.4 Å². The maximum Gasteiger partial charge on any atom is 0.201 e. The first-order valence-electron chi connectivity index (χ1n) is 41.5. The first-order valence-corrected chi connectivity index (χ1v) is 41.5. The Kier molecular flexibility index (Phi) is 40.0. The summed E-state index contributed by atoms with van der Waals surface area (Å²) in [6.07, 6.45) is 14.5. The fourth-order valence-corrected chi connectivity index (χ4v) is 12.8. The summed E-state index contributed by atoms with van der Waals surface area (Å²) in [7, 11) is 0. The Morgan fingerprint density at radius 3 is 0.625 bits per heavy atom. The van der Waals surface area contributed by atoms with Crippen LogP contribution < -0.4 is 23.7 Å². The summed E-state index contributed by atoms with van der Waals surface area (Å²) < 4.78 is 193. The molecule has 0 radical (unpaired) electrons. The van der Waals surface area contributed by atoms with Gasteiger partial charge in [0.2, 0.25) is 29.1 Å². The van der Waals surface area contributed by atoms with Crippen molar-refractivity contribution in [3.05, 3.63) is 327 Å². The zero-order valence-electron chi connectivity index (χ0n) is 70.8. The standard InChI is InChI=1S/C18H20F2O.4C17H18F2O.C17H18F2/c1-3-5-6-13-7-9-14(10-8-13)15-11-12-16(21-4-2)18(20)17(15)19;1-3-4-11-20-15-10-9-14(16(18)17(15)19)13-7-5-12(2)6-8-13;3*1-3-5-12-6-8-13(9-7-12)14-10-11-15(20-4-2)17(19)16(14)18;1-3-4-5-13-7-9-14(10-8-13)15-11-6-12(2)16(18)17(15)19/h7-12H,3-6H2,1-2H3;5-10H,3-4,11H2,1-2H3;3*6-11H,3-5H2,1-2H3;6-11H,3-5H2,1-2H3. The predicted octanol–water partition coefficient (Wildman–Crippen LogP) is 30.7. The van der Waals surface area contributed by atoms with Gasteiger partial charge in [0.1, 0.15) is 0 Å². The molecule has 12 aromatic rings. The van der Waals surface area contributed by atoms with E-state index in [1.807, 2.05) is 147 Å². The first-order chi connectivity index (χ1) is 57.9. The van der Waals surface area contributed by atoms with Crippen molar-refractivity contribution in [3.63, 3.8) is 0 Å². The van der Waals surface area contributed by atoms with E-state index in [9.17, 15) is 52.7 Å². The molecule has 120 heavy (non-hydrogen) atoms. The van der Waals surface area contributed by atoms with Gasteiger partial charge in [-0.15, -0.1) is 0 Å². The lowest BCUT2D eigenvalue weighted by Crippen LogP contribution is -2.01. The molecule has 0 heterocycles. The molecule has 636 valence electrons. The van der Waals surface area contributed by atoms with Crippen LogP contribution >= 0.6 is 0 Å². The maximum absolute atomic E-state index is 14.1. The summed E-state index contributed by atoms with van der Waals surface area (Å²) in [5, 5.41) is 0. The number of rotatable bonds is 30. The molecule has 0 saturated heterocycles. The number of hydrogen-bond donors (Lipinski definition) is 0. The van der Waals surface area contributed by atoms with E-state index in [1.54, 1.807) is 89.2 Å². The second-order valence-corrected chi connectivity index (χ2v) is 28.5. The molecule has 17 heteroatoms. The Morgan fingerprint density at radius 2 is 0.400 bits per heavy atom. The van der Waals surface area contributed by atoms with Crippen molar-refractivity contribution in [2.24, 2.45) is 0 Å². The highest BCUT2D eigenvalue weighted by Gasteiger charge is 2.22. The van der Waals surface area contributed by atoms with Crippen molar-refractivity contribution in [3.8, 4) is 95.5 Å².